The Hall–Kier alpha value is -2.49. The van der Waals surface area contributed by atoms with Crippen LogP contribution in [0.2, 0.25) is 0 Å². The standard InChI is InChI=1S/C18H22N2O2/c1-13-5-8-16(9-6-13)20-18(21)19-10-11-22-17-12-14(2)4-7-15(17)3/h4-9,12H,10-11H2,1-3H3,(H2,19,20,21). The summed E-state index contributed by atoms with van der Waals surface area (Å²) in [6.07, 6.45) is 0. The van der Waals surface area contributed by atoms with Gasteiger partial charge in [0.2, 0.25) is 0 Å². The number of benzene rings is 2. The second-order valence-electron chi connectivity index (χ2n) is 5.36. The van der Waals surface area contributed by atoms with Crippen molar-refractivity contribution in [3.8, 4) is 5.75 Å². The van der Waals surface area contributed by atoms with Crippen molar-refractivity contribution >= 4 is 11.7 Å². The highest BCUT2D eigenvalue weighted by Gasteiger charge is 2.02. The summed E-state index contributed by atoms with van der Waals surface area (Å²) in [6, 6.07) is 13.5. The Balaban J connectivity index is 1.73. The van der Waals surface area contributed by atoms with Crippen molar-refractivity contribution in [2.75, 3.05) is 18.5 Å². The third-order valence-corrected chi connectivity index (χ3v) is 3.30. The Morgan fingerprint density at radius 1 is 1.00 bits per heavy atom. The minimum absolute atomic E-state index is 0.228. The van der Waals surface area contributed by atoms with Gasteiger partial charge in [0.25, 0.3) is 0 Å². The lowest BCUT2D eigenvalue weighted by molar-refractivity contribution is 0.247. The molecule has 0 spiro atoms. The van der Waals surface area contributed by atoms with Crippen molar-refractivity contribution in [1.82, 2.24) is 5.32 Å². The van der Waals surface area contributed by atoms with E-state index < -0.39 is 0 Å². The number of anilines is 1. The highest BCUT2D eigenvalue weighted by Crippen LogP contribution is 2.18. The predicted octanol–water partition coefficient (Wildman–Crippen LogP) is 3.81. The van der Waals surface area contributed by atoms with Crippen LogP contribution in [0.3, 0.4) is 0 Å². The smallest absolute Gasteiger partial charge is 0.319 e. The molecule has 0 fully saturated rings. The second kappa shape index (κ2) is 7.50. The Morgan fingerprint density at radius 3 is 2.41 bits per heavy atom. The van der Waals surface area contributed by atoms with Gasteiger partial charge in [0.1, 0.15) is 12.4 Å². The van der Waals surface area contributed by atoms with Crippen LogP contribution in [0, 0.1) is 20.8 Å². The first-order valence-electron chi connectivity index (χ1n) is 7.36. The van der Waals surface area contributed by atoms with Crippen LogP contribution < -0.4 is 15.4 Å². The molecule has 0 aliphatic rings. The van der Waals surface area contributed by atoms with Crippen LogP contribution in [0.25, 0.3) is 0 Å². The third-order valence-electron chi connectivity index (χ3n) is 3.30. The molecule has 0 aliphatic carbocycles. The molecule has 0 unspecified atom stereocenters. The molecule has 2 rings (SSSR count). The van der Waals surface area contributed by atoms with Crippen LogP contribution in [-0.2, 0) is 0 Å². The van der Waals surface area contributed by atoms with Crippen molar-refractivity contribution in [1.29, 1.82) is 0 Å². The van der Waals surface area contributed by atoms with Crippen molar-refractivity contribution in [2.24, 2.45) is 0 Å². The minimum Gasteiger partial charge on any atom is -0.491 e. The number of carbonyl (C=O) groups excluding carboxylic acids is 1. The molecule has 2 aromatic rings. The number of carbonyl (C=O) groups is 1. The maximum atomic E-state index is 11.8. The zero-order valence-electron chi connectivity index (χ0n) is 13.3. The van der Waals surface area contributed by atoms with Crippen LogP contribution >= 0.6 is 0 Å². The molecule has 4 nitrogen and oxygen atoms in total. The van der Waals surface area contributed by atoms with Crippen molar-refractivity contribution < 1.29 is 9.53 Å². The molecule has 0 saturated carbocycles. The molecule has 2 N–H and O–H groups in total. The Morgan fingerprint density at radius 2 is 1.68 bits per heavy atom. The van der Waals surface area contributed by atoms with E-state index in [1.807, 2.05) is 57.2 Å². The first-order valence-corrected chi connectivity index (χ1v) is 7.36. The number of ether oxygens (including phenoxy) is 1. The predicted molar refractivity (Wildman–Crippen MR) is 89.6 cm³/mol. The first-order chi connectivity index (χ1) is 10.5. The lowest BCUT2D eigenvalue weighted by Gasteiger charge is -2.11. The molecule has 0 radical (unpaired) electrons. The van der Waals surface area contributed by atoms with Crippen molar-refractivity contribution in [2.45, 2.75) is 20.8 Å². The Bertz CT molecular complexity index is 636. The molecule has 0 bridgehead atoms. The second-order valence-corrected chi connectivity index (χ2v) is 5.36. The fourth-order valence-corrected chi connectivity index (χ4v) is 2.00. The van der Waals surface area contributed by atoms with Crippen molar-refractivity contribution in [3.05, 3.63) is 59.2 Å². The molecule has 2 aromatic carbocycles. The minimum atomic E-state index is -0.228. The largest absolute Gasteiger partial charge is 0.491 e. The number of rotatable bonds is 5. The van der Waals surface area contributed by atoms with E-state index in [1.165, 1.54) is 0 Å². The van der Waals surface area contributed by atoms with E-state index in [1.54, 1.807) is 0 Å². The van der Waals surface area contributed by atoms with Gasteiger partial charge in [-0.25, -0.2) is 4.79 Å². The van der Waals surface area contributed by atoms with Gasteiger partial charge in [-0.05, 0) is 50.1 Å². The molecule has 116 valence electrons. The monoisotopic (exact) mass is 298 g/mol. The fraction of sp³-hybridized carbons (Fsp3) is 0.278. The lowest BCUT2D eigenvalue weighted by atomic mass is 10.1. The van der Waals surface area contributed by atoms with E-state index in [0.29, 0.717) is 13.2 Å². The zero-order chi connectivity index (χ0) is 15.9. The molecule has 4 heteroatoms. The molecular weight excluding hydrogens is 276 g/mol. The summed E-state index contributed by atoms with van der Waals surface area (Å²) in [4.78, 5) is 11.8. The molecule has 22 heavy (non-hydrogen) atoms. The van der Waals surface area contributed by atoms with Gasteiger partial charge in [-0.3, -0.25) is 0 Å². The topological polar surface area (TPSA) is 50.4 Å². The SMILES string of the molecule is Cc1ccc(NC(=O)NCCOc2cc(C)ccc2C)cc1. The molecule has 0 atom stereocenters. The zero-order valence-corrected chi connectivity index (χ0v) is 13.3. The average molecular weight is 298 g/mol. The van der Waals surface area contributed by atoms with Gasteiger partial charge in [-0.1, -0.05) is 29.8 Å². The number of amides is 2. The summed E-state index contributed by atoms with van der Waals surface area (Å²) >= 11 is 0. The summed E-state index contributed by atoms with van der Waals surface area (Å²) < 4.78 is 5.69. The number of nitrogens with one attached hydrogen (secondary N) is 2. The van der Waals surface area contributed by atoms with E-state index in [-0.39, 0.29) is 6.03 Å². The molecule has 0 aromatic heterocycles. The van der Waals surface area contributed by atoms with Crippen LogP contribution in [0.5, 0.6) is 5.75 Å². The first kappa shape index (κ1) is 15.9. The Labute approximate surface area is 131 Å². The summed E-state index contributed by atoms with van der Waals surface area (Å²) in [5.41, 5.74) is 4.19. The van der Waals surface area contributed by atoms with E-state index in [9.17, 15) is 4.79 Å². The number of aryl methyl sites for hydroxylation is 3. The molecule has 2 amide bonds. The van der Waals surface area contributed by atoms with Gasteiger partial charge in [-0.2, -0.15) is 0 Å². The molecule has 0 saturated heterocycles. The quantitative estimate of drug-likeness (QED) is 0.825. The van der Waals surface area contributed by atoms with Gasteiger partial charge >= 0.3 is 6.03 Å². The number of hydrogen-bond acceptors (Lipinski definition) is 2. The van der Waals surface area contributed by atoms with Crippen molar-refractivity contribution in [3.63, 3.8) is 0 Å². The van der Waals surface area contributed by atoms with Gasteiger partial charge in [0.15, 0.2) is 0 Å². The summed E-state index contributed by atoms with van der Waals surface area (Å²) in [7, 11) is 0. The van der Waals surface area contributed by atoms with E-state index in [2.05, 4.69) is 16.7 Å². The fourth-order valence-electron chi connectivity index (χ4n) is 2.00. The van der Waals surface area contributed by atoms with Gasteiger partial charge in [0, 0.05) is 5.69 Å². The third kappa shape index (κ3) is 4.81. The maximum Gasteiger partial charge on any atom is 0.319 e. The summed E-state index contributed by atoms with van der Waals surface area (Å²) in [5, 5.41) is 5.56. The van der Waals surface area contributed by atoms with Crippen LogP contribution in [0.1, 0.15) is 16.7 Å². The Kier molecular flexibility index (Phi) is 5.42. The van der Waals surface area contributed by atoms with E-state index in [4.69, 9.17) is 4.74 Å². The summed E-state index contributed by atoms with van der Waals surface area (Å²) in [6.45, 7) is 6.93. The molecular formula is C18H22N2O2. The number of hydrogen-bond donors (Lipinski definition) is 2. The molecule has 0 heterocycles. The highest BCUT2D eigenvalue weighted by molar-refractivity contribution is 5.89. The maximum absolute atomic E-state index is 11.8. The van der Waals surface area contributed by atoms with Crippen LogP contribution in [0.15, 0.2) is 42.5 Å². The number of urea groups is 1. The summed E-state index contributed by atoms with van der Waals surface area (Å²) in [5.74, 6) is 0.862. The van der Waals surface area contributed by atoms with Crippen LogP contribution in [0.4, 0.5) is 10.5 Å². The van der Waals surface area contributed by atoms with E-state index in [0.717, 1.165) is 28.1 Å². The van der Waals surface area contributed by atoms with Gasteiger partial charge < -0.3 is 15.4 Å². The average Bonchev–Trinajstić information content (AvgIpc) is 2.49. The normalized spacial score (nSPS) is 10.1. The van der Waals surface area contributed by atoms with Crippen LogP contribution in [-0.4, -0.2) is 19.2 Å². The van der Waals surface area contributed by atoms with Gasteiger partial charge in [-0.15, -0.1) is 0 Å². The van der Waals surface area contributed by atoms with Gasteiger partial charge in [0.05, 0.1) is 6.54 Å². The van der Waals surface area contributed by atoms with E-state index >= 15 is 0 Å². The lowest BCUT2D eigenvalue weighted by Crippen LogP contribution is -2.32. The molecule has 0 aliphatic heterocycles. The highest BCUT2D eigenvalue weighted by atomic mass is 16.5.